The molecule has 0 aromatic carbocycles. The molecule has 3 aromatic heterocycles. The Morgan fingerprint density at radius 3 is 2.74 bits per heavy atom. The van der Waals surface area contributed by atoms with Crippen molar-refractivity contribution >= 4 is 11.6 Å². The van der Waals surface area contributed by atoms with E-state index in [2.05, 4.69) is 15.2 Å². The lowest BCUT2D eigenvalue weighted by atomic mass is 10.3. The van der Waals surface area contributed by atoms with Gasteiger partial charge in [0.15, 0.2) is 17.3 Å². The molecule has 3 aromatic rings. The number of pyridine rings is 1. The monoisotopic (exact) mass is 258 g/mol. The summed E-state index contributed by atoms with van der Waals surface area (Å²) in [6.45, 7) is 3.54. The lowest BCUT2D eigenvalue weighted by molar-refractivity contribution is 0.0696. The van der Waals surface area contributed by atoms with Crippen molar-refractivity contribution in [2.45, 2.75) is 13.8 Å². The molecule has 0 unspecified atom stereocenters. The van der Waals surface area contributed by atoms with E-state index in [-0.39, 0.29) is 5.56 Å². The quantitative estimate of drug-likeness (QED) is 0.751. The van der Waals surface area contributed by atoms with Gasteiger partial charge in [0.2, 0.25) is 5.82 Å². The van der Waals surface area contributed by atoms with E-state index < -0.39 is 5.97 Å². The molecule has 0 aliphatic rings. The van der Waals surface area contributed by atoms with E-state index in [4.69, 9.17) is 9.52 Å². The highest BCUT2D eigenvalue weighted by Crippen LogP contribution is 2.23. The van der Waals surface area contributed by atoms with E-state index in [1.165, 1.54) is 12.3 Å². The van der Waals surface area contributed by atoms with E-state index in [1.807, 2.05) is 0 Å². The lowest BCUT2D eigenvalue weighted by Gasteiger charge is -1.99. The van der Waals surface area contributed by atoms with Gasteiger partial charge in [-0.3, -0.25) is 4.40 Å². The number of aromatic carboxylic acids is 1. The Morgan fingerprint density at radius 2 is 2.11 bits per heavy atom. The second-order valence-electron chi connectivity index (χ2n) is 4.12. The summed E-state index contributed by atoms with van der Waals surface area (Å²) >= 11 is 0. The molecule has 3 heterocycles. The second-order valence-corrected chi connectivity index (χ2v) is 4.12. The Balaban J connectivity index is 2.27. The number of rotatable bonds is 2. The van der Waals surface area contributed by atoms with Gasteiger partial charge in [-0.25, -0.2) is 9.78 Å². The first-order valence-electron chi connectivity index (χ1n) is 5.59. The lowest BCUT2D eigenvalue weighted by Crippen LogP contribution is -1.99. The third kappa shape index (κ3) is 1.75. The summed E-state index contributed by atoms with van der Waals surface area (Å²) in [5.41, 5.74) is 1.39. The van der Waals surface area contributed by atoms with Crippen molar-refractivity contribution in [3.8, 4) is 11.6 Å². The maximum atomic E-state index is 11.0. The highest BCUT2D eigenvalue weighted by atomic mass is 16.4. The zero-order chi connectivity index (χ0) is 13.6. The van der Waals surface area contributed by atoms with Crippen molar-refractivity contribution in [2.24, 2.45) is 0 Å². The van der Waals surface area contributed by atoms with Gasteiger partial charge in [0, 0.05) is 13.1 Å². The maximum absolute atomic E-state index is 11.0. The molecular weight excluding hydrogens is 248 g/mol. The number of aryl methyl sites for hydroxylation is 2. The SMILES string of the molecule is Cc1nc(C)c(-c2nnc3ccc(C(=O)O)cn23)o1. The van der Waals surface area contributed by atoms with Crippen LogP contribution >= 0.6 is 0 Å². The van der Waals surface area contributed by atoms with E-state index in [0.29, 0.717) is 28.8 Å². The number of oxazole rings is 1. The third-order valence-electron chi connectivity index (χ3n) is 2.76. The molecule has 0 atom stereocenters. The van der Waals surface area contributed by atoms with Gasteiger partial charge in [-0.1, -0.05) is 0 Å². The van der Waals surface area contributed by atoms with Crippen LogP contribution in [0.5, 0.6) is 0 Å². The van der Waals surface area contributed by atoms with Gasteiger partial charge in [-0.15, -0.1) is 10.2 Å². The van der Waals surface area contributed by atoms with Crippen LogP contribution in [-0.2, 0) is 0 Å². The number of carboxylic acid groups (broad SMARTS) is 1. The summed E-state index contributed by atoms with van der Waals surface area (Å²) in [7, 11) is 0. The summed E-state index contributed by atoms with van der Waals surface area (Å²) in [6, 6.07) is 3.08. The molecule has 7 heteroatoms. The van der Waals surface area contributed by atoms with E-state index in [1.54, 1.807) is 24.3 Å². The van der Waals surface area contributed by atoms with Crippen molar-refractivity contribution < 1.29 is 14.3 Å². The van der Waals surface area contributed by atoms with Crippen LogP contribution in [0.2, 0.25) is 0 Å². The minimum atomic E-state index is -1.01. The van der Waals surface area contributed by atoms with Gasteiger partial charge in [-0.05, 0) is 19.1 Å². The van der Waals surface area contributed by atoms with Crippen molar-refractivity contribution in [3.63, 3.8) is 0 Å². The standard InChI is InChI=1S/C12H10N4O3/c1-6-10(19-7(2)13-6)11-15-14-9-4-3-8(12(17)18)5-16(9)11/h3-5H,1-2H3,(H,17,18). The van der Waals surface area contributed by atoms with E-state index >= 15 is 0 Å². The van der Waals surface area contributed by atoms with Crippen LogP contribution in [-0.4, -0.2) is 30.7 Å². The van der Waals surface area contributed by atoms with Gasteiger partial charge in [0.25, 0.3) is 0 Å². The Labute approximate surface area is 107 Å². The molecule has 3 rings (SSSR count). The first-order valence-corrected chi connectivity index (χ1v) is 5.59. The van der Waals surface area contributed by atoms with Crippen LogP contribution in [0.1, 0.15) is 21.9 Å². The third-order valence-corrected chi connectivity index (χ3v) is 2.76. The molecule has 0 aliphatic carbocycles. The number of hydrogen-bond acceptors (Lipinski definition) is 5. The smallest absolute Gasteiger partial charge is 0.337 e. The first-order chi connectivity index (χ1) is 9.06. The van der Waals surface area contributed by atoms with Crippen molar-refractivity contribution in [2.75, 3.05) is 0 Å². The average molecular weight is 258 g/mol. The zero-order valence-electron chi connectivity index (χ0n) is 10.3. The molecule has 0 bridgehead atoms. The Bertz CT molecular complexity index is 787. The van der Waals surface area contributed by atoms with Gasteiger partial charge < -0.3 is 9.52 Å². The van der Waals surface area contributed by atoms with E-state index in [0.717, 1.165) is 0 Å². The molecule has 0 fully saturated rings. The van der Waals surface area contributed by atoms with Gasteiger partial charge in [0.05, 0.1) is 11.3 Å². The number of fused-ring (bicyclic) bond motifs is 1. The Morgan fingerprint density at radius 1 is 1.32 bits per heavy atom. The molecule has 7 nitrogen and oxygen atoms in total. The van der Waals surface area contributed by atoms with Crippen LogP contribution in [0.25, 0.3) is 17.2 Å². The summed E-state index contributed by atoms with van der Waals surface area (Å²) in [6.07, 6.45) is 1.46. The normalized spacial score (nSPS) is 11.1. The Kier molecular flexibility index (Phi) is 2.34. The molecule has 0 saturated carbocycles. The molecular formula is C12H10N4O3. The van der Waals surface area contributed by atoms with Crippen LogP contribution in [0.15, 0.2) is 22.7 Å². The van der Waals surface area contributed by atoms with Crippen molar-refractivity contribution in [1.29, 1.82) is 0 Å². The average Bonchev–Trinajstić information content (AvgIpc) is 2.91. The fourth-order valence-electron chi connectivity index (χ4n) is 1.91. The molecule has 96 valence electrons. The first kappa shape index (κ1) is 11.4. The van der Waals surface area contributed by atoms with E-state index in [9.17, 15) is 4.79 Å². The van der Waals surface area contributed by atoms with Crippen LogP contribution < -0.4 is 0 Å². The predicted molar refractivity (Wildman–Crippen MR) is 64.9 cm³/mol. The maximum Gasteiger partial charge on any atom is 0.337 e. The molecule has 0 amide bonds. The number of carbonyl (C=O) groups is 1. The highest BCUT2D eigenvalue weighted by molar-refractivity contribution is 5.87. The topological polar surface area (TPSA) is 93.5 Å². The summed E-state index contributed by atoms with van der Waals surface area (Å²) in [5, 5.41) is 17.0. The fourth-order valence-corrected chi connectivity index (χ4v) is 1.91. The van der Waals surface area contributed by atoms with Crippen LogP contribution in [0.4, 0.5) is 0 Å². The summed E-state index contributed by atoms with van der Waals surface area (Å²) in [5.74, 6) is 0.453. The van der Waals surface area contributed by atoms with Gasteiger partial charge >= 0.3 is 5.97 Å². The minimum absolute atomic E-state index is 0.155. The van der Waals surface area contributed by atoms with Crippen molar-refractivity contribution in [3.05, 3.63) is 35.5 Å². The number of carboxylic acids is 1. The molecule has 1 N–H and O–H groups in total. The molecule has 0 saturated heterocycles. The molecule has 0 spiro atoms. The predicted octanol–water partition coefficient (Wildman–Crippen LogP) is 1.70. The largest absolute Gasteiger partial charge is 0.478 e. The number of nitrogens with zero attached hydrogens (tertiary/aromatic N) is 4. The summed E-state index contributed by atoms with van der Waals surface area (Å²) in [4.78, 5) is 15.2. The van der Waals surface area contributed by atoms with Crippen molar-refractivity contribution in [1.82, 2.24) is 19.6 Å². The zero-order valence-corrected chi connectivity index (χ0v) is 10.3. The Hall–Kier alpha value is -2.70. The number of hydrogen-bond donors (Lipinski definition) is 1. The van der Waals surface area contributed by atoms with Gasteiger partial charge in [-0.2, -0.15) is 0 Å². The summed E-state index contributed by atoms with van der Waals surface area (Å²) < 4.78 is 7.07. The number of aromatic nitrogens is 4. The molecule has 0 aliphatic heterocycles. The molecule has 19 heavy (non-hydrogen) atoms. The highest BCUT2D eigenvalue weighted by Gasteiger charge is 2.17. The second kappa shape index (κ2) is 3.91. The van der Waals surface area contributed by atoms with Crippen LogP contribution in [0, 0.1) is 13.8 Å². The van der Waals surface area contributed by atoms with Crippen LogP contribution in [0.3, 0.4) is 0 Å². The minimum Gasteiger partial charge on any atom is -0.478 e. The van der Waals surface area contributed by atoms with Gasteiger partial charge in [0.1, 0.15) is 0 Å². The molecule has 0 radical (unpaired) electrons. The fraction of sp³-hybridized carbons (Fsp3) is 0.167.